The summed E-state index contributed by atoms with van der Waals surface area (Å²) in [6.07, 6.45) is 1.52. The van der Waals surface area contributed by atoms with Gasteiger partial charge in [0.15, 0.2) is 11.6 Å². The average molecular weight is 349 g/mol. The van der Waals surface area contributed by atoms with E-state index >= 15 is 0 Å². The maximum atomic E-state index is 12.4. The highest BCUT2D eigenvalue weighted by Gasteiger charge is 2.12. The van der Waals surface area contributed by atoms with Crippen LogP contribution in [0.3, 0.4) is 0 Å². The maximum absolute atomic E-state index is 12.4. The van der Waals surface area contributed by atoms with Crippen LogP contribution in [0.25, 0.3) is 11.1 Å². The van der Waals surface area contributed by atoms with Crippen molar-refractivity contribution in [3.05, 3.63) is 71.9 Å². The number of aromatic nitrogens is 2. The Morgan fingerprint density at radius 1 is 1.08 bits per heavy atom. The van der Waals surface area contributed by atoms with Crippen LogP contribution in [0.4, 0.5) is 0 Å². The molecule has 1 atom stereocenters. The molecule has 1 aromatic heterocycles. The van der Waals surface area contributed by atoms with Crippen molar-refractivity contribution in [3.63, 3.8) is 0 Å². The molecule has 3 rings (SSSR count). The first-order valence-electron chi connectivity index (χ1n) is 8.83. The molecule has 1 N–H and O–H groups in total. The van der Waals surface area contributed by atoms with Crippen LogP contribution in [0.15, 0.2) is 59.1 Å². The summed E-state index contributed by atoms with van der Waals surface area (Å²) in [4.78, 5) is 16.7. The highest BCUT2D eigenvalue weighted by molar-refractivity contribution is 5.96. The Kier molecular flexibility index (Phi) is 5.92. The third kappa shape index (κ3) is 4.64. The van der Waals surface area contributed by atoms with E-state index in [0.717, 1.165) is 11.1 Å². The average Bonchev–Trinajstić information content (AvgIpc) is 3.14. The summed E-state index contributed by atoms with van der Waals surface area (Å²) in [6.45, 7) is 2.05. The number of nitrogens with one attached hydrogen (secondary N) is 1. The topological polar surface area (TPSA) is 68.0 Å². The lowest BCUT2D eigenvalue weighted by molar-refractivity contribution is 0.0979. The van der Waals surface area contributed by atoms with Gasteiger partial charge < -0.3 is 9.84 Å². The number of benzene rings is 2. The van der Waals surface area contributed by atoms with Crippen molar-refractivity contribution in [1.29, 1.82) is 0 Å². The van der Waals surface area contributed by atoms with Gasteiger partial charge in [-0.1, -0.05) is 59.8 Å². The molecule has 0 amide bonds. The van der Waals surface area contributed by atoms with E-state index in [2.05, 4.69) is 34.5 Å². The minimum atomic E-state index is 0.0768. The molecular formula is C21H23N3O2. The van der Waals surface area contributed by atoms with Crippen molar-refractivity contribution < 1.29 is 9.32 Å². The molecule has 0 bridgehead atoms. The van der Waals surface area contributed by atoms with Crippen molar-refractivity contribution in [2.45, 2.75) is 32.2 Å². The van der Waals surface area contributed by atoms with Gasteiger partial charge in [0, 0.05) is 30.9 Å². The number of hydrogen-bond donors (Lipinski definition) is 1. The van der Waals surface area contributed by atoms with Gasteiger partial charge in [-0.3, -0.25) is 4.79 Å². The summed E-state index contributed by atoms with van der Waals surface area (Å²) in [5, 5.41) is 7.10. The number of hydrogen-bond acceptors (Lipinski definition) is 5. The van der Waals surface area contributed by atoms with E-state index in [0.29, 0.717) is 36.5 Å². The lowest BCUT2D eigenvalue weighted by Crippen LogP contribution is -2.24. The quantitative estimate of drug-likeness (QED) is 0.628. The molecule has 0 spiro atoms. The number of Topliss-reactive ketones (excluding diaryl/α,β-unsaturated/α-hetero) is 1. The van der Waals surface area contributed by atoms with Gasteiger partial charge in [-0.15, -0.1) is 0 Å². The third-order valence-electron chi connectivity index (χ3n) is 4.37. The second kappa shape index (κ2) is 8.54. The first kappa shape index (κ1) is 18.0. The fourth-order valence-electron chi connectivity index (χ4n) is 2.69. The fraction of sp³-hybridized carbons (Fsp3) is 0.286. The molecule has 0 aliphatic heterocycles. The van der Waals surface area contributed by atoms with Gasteiger partial charge in [0.25, 0.3) is 0 Å². The lowest BCUT2D eigenvalue weighted by atomic mass is 10.0. The zero-order chi connectivity index (χ0) is 18.4. The van der Waals surface area contributed by atoms with E-state index in [1.54, 1.807) is 0 Å². The molecule has 0 fully saturated rings. The smallest absolute Gasteiger partial charge is 0.227 e. The Bertz CT molecular complexity index is 841. The predicted octanol–water partition coefficient (Wildman–Crippen LogP) is 3.70. The Morgan fingerprint density at radius 3 is 2.46 bits per heavy atom. The zero-order valence-electron chi connectivity index (χ0n) is 15.1. The largest absolute Gasteiger partial charge is 0.339 e. The molecule has 1 heterocycles. The van der Waals surface area contributed by atoms with Crippen molar-refractivity contribution >= 4 is 5.78 Å². The van der Waals surface area contributed by atoms with Gasteiger partial charge in [0.1, 0.15) is 0 Å². The number of nitrogens with zero attached hydrogens (tertiary/aromatic N) is 2. The fourth-order valence-corrected chi connectivity index (χ4v) is 2.69. The highest BCUT2D eigenvalue weighted by atomic mass is 16.5. The SMILES string of the molecule is CNC(C)Cc1noc(CCC(=O)c2ccc(-c3ccccc3)cc2)n1. The van der Waals surface area contributed by atoms with E-state index in [4.69, 9.17) is 4.52 Å². The van der Waals surface area contributed by atoms with E-state index < -0.39 is 0 Å². The molecular weight excluding hydrogens is 326 g/mol. The number of carbonyl (C=O) groups excluding carboxylic acids is 1. The number of likely N-dealkylation sites (N-methyl/N-ethyl adjacent to an activating group) is 1. The second-order valence-corrected chi connectivity index (χ2v) is 6.36. The molecule has 0 saturated carbocycles. The number of rotatable bonds is 8. The van der Waals surface area contributed by atoms with Crippen LogP contribution in [0.1, 0.15) is 35.4 Å². The van der Waals surface area contributed by atoms with E-state index in [-0.39, 0.29) is 11.8 Å². The monoisotopic (exact) mass is 349 g/mol. The Morgan fingerprint density at radius 2 is 1.77 bits per heavy atom. The molecule has 0 radical (unpaired) electrons. The summed E-state index contributed by atoms with van der Waals surface area (Å²) < 4.78 is 5.23. The Balaban J connectivity index is 1.57. The highest BCUT2D eigenvalue weighted by Crippen LogP contribution is 2.20. The first-order chi connectivity index (χ1) is 12.7. The number of carbonyl (C=O) groups is 1. The summed E-state index contributed by atoms with van der Waals surface area (Å²) in [7, 11) is 1.90. The van der Waals surface area contributed by atoms with Crippen LogP contribution in [-0.2, 0) is 12.8 Å². The predicted molar refractivity (Wildman–Crippen MR) is 101 cm³/mol. The summed E-state index contributed by atoms with van der Waals surface area (Å²) in [6, 6.07) is 18.1. The van der Waals surface area contributed by atoms with Gasteiger partial charge in [-0.25, -0.2) is 0 Å². The van der Waals surface area contributed by atoms with Crippen LogP contribution in [0.5, 0.6) is 0 Å². The van der Waals surface area contributed by atoms with Gasteiger partial charge in [0.2, 0.25) is 5.89 Å². The molecule has 0 saturated heterocycles. The van der Waals surface area contributed by atoms with Crippen LogP contribution in [0, 0.1) is 0 Å². The molecule has 2 aromatic carbocycles. The minimum Gasteiger partial charge on any atom is -0.339 e. The van der Waals surface area contributed by atoms with Gasteiger partial charge >= 0.3 is 0 Å². The first-order valence-corrected chi connectivity index (χ1v) is 8.83. The normalized spacial score (nSPS) is 12.1. The van der Waals surface area contributed by atoms with E-state index in [9.17, 15) is 4.79 Å². The van der Waals surface area contributed by atoms with Crippen molar-refractivity contribution in [2.75, 3.05) is 7.05 Å². The molecule has 0 aliphatic carbocycles. The Hall–Kier alpha value is -2.79. The molecule has 1 unspecified atom stereocenters. The van der Waals surface area contributed by atoms with Crippen molar-refractivity contribution in [3.8, 4) is 11.1 Å². The number of ketones is 1. The van der Waals surface area contributed by atoms with Crippen LogP contribution >= 0.6 is 0 Å². The lowest BCUT2D eigenvalue weighted by Gasteiger charge is -2.04. The summed E-state index contributed by atoms with van der Waals surface area (Å²) in [5.41, 5.74) is 2.94. The molecule has 0 aliphatic rings. The van der Waals surface area contributed by atoms with Crippen molar-refractivity contribution in [1.82, 2.24) is 15.5 Å². The molecule has 134 valence electrons. The number of aryl methyl sites for hydroxylation is 1. The minimum absolute atomic E-state index is 0.0768. The van der Waals surface area contributed by atoms with Crippen molar-refractivity contribution in [2.24, 2.45) is 0 Å². The Labute approximate surface area is 153 Å². The van der Waals surface area contributed by atoms with Gasteiger partial charge in [0.05, 0.1) is 0 Å². The second-order valence-electron chi connectivity index (χ2n) is 6.36. The van der Waals surface area contributed by atoms with Gasteiger partial charge in [-0.05, 0) is 25.1 Å². The zero-order valence-corrected chi connectivity index (χ0v) is 15.1. The molecule has 5 heteroatoms. The summed E-state index contributed by atoms with van der Waals surface area (Å²) >= 11 is 0. The van der Waals surface area contributed by atoms with Gasteiger partial charge in [-0.2, -0.15) is 4.98 Å². The van der Waals surface area contributed by atoms with E-state index in [1.165, 1.54) is 0 Å². The molecule has 5 nitrogen and oxygen atoms in total. The van der Waals surface area contributed by atoms with Crippen LogP contribution < -0.4 is 5.32 Å². The van der Waals surface area contributed by atoms with Crippen LogP contribution in [-0.4, -0.2) is 29.0 Å². The summed E-state index contributed by atoms with van der Waals surface area (Å²) in [5.74, 6) is 1.26. The maximum Gasteiger partial charge on any atom is 0.227 e. The third-order valence-corrected chi connectivity index (χ3v) is 4.37. The molecule has 3 aromatic rings. The van der Waals surface area contributed by atoms with E-state index in [1.807, 2.05) is 49.5 Å². The molecule has 26 heavy (non-hydrogen) atoms. The van der Waals surface area contributed by atoms with Crippen LogP contribution in [0.2, 0.25) is 0 Å². The standard InChI is InChI=1S/C21H23N3O2/c1-15(22-2)14-20-23-21(26-24-20)13-12-19(25)18-10-8-17(9-11-18)16-6-4-3-5-7-16/h3-11,15,22H,12-14H2,1-2H3.